The molecule has 0 radical (unpaired) electrons. The van der Waals surface area contributed by atoms with E-state index in [2.05, 4.69) is 15.2 Å². The first-order chi connectivity index (χ1) is 10.6. The lowest BCUT2D eigenvalue weighted by Crippen LogP contribution is -2.35. The molecular weight excluding hydrogens is 274 g/mol. The minimum Gasteiger partial charge on any atom is -0.359 e. The summed E-state index contributed by atoms with van der Waals surface area (Å²) >= 11 is 0. The minimum absolute atomic E-state index is 0.0255. The van der Waals surface area contributed by atoms with Crippen LogP contribution in [0.4, 0.5) is 0 Å². The van der Waals surface area contributed by atoms with Gasteiger partial charge in [0.15, 0.2) is 0 Å². The molecule has 0 aromatic heterocycles. The van der Waals surface area contributed by atoms with E-state index in [0.717, 1.165) is 5.56 Å². The monoisotopic (exact) mass is 295 g/mol. The average molecular weight is 295 g/mol. The van der Waals surface area contributed by atoms with Crippen molar-refractivity contribution < 1.29 is 5.11 Å². The van der Waals surface area contributed by atoms with Gasteiger partial charge in [-0.2, -0.15) is 5.11 Å². The van der Waals surface area contributed by atoms with E-state index in [-0.39, 0.29) is 6.04 Å². The Morgan fingerprint density at radius 1 is 0.955 bits per heavy atom. The Labute approximate surface area is 131 Å². The highest BCUT2D eigenvalue weighted by atomic mass is 16.3. The number of hydrogen-bond acceptors (Lipinski definition) is 4. The van der Waals surface area contributed by atoms with Gasteiger partial charge in [-0.3, -0.25) is 4.99 Å². The normalized spacial score (nSPS) is 15.2. The lowest BCUT2D eigenvalue weighted by atomic mass is 9.93. The van der Waals surface area contributed by atoms with Crippen molar-refractivity contribution in [3.8, 4) is 0 Å². The average Bonchev–Trinajstić information content (AvgIpc) is 2.54. The van der Waals surface area contributed by atoms with Crippen molar-refractivity contribution in [2.75, 3.05) is 7.05 Å². The Morgan fingerprint density at radius 2 is 1.50 bits per heavy atom. The minimum atomic E-state index is -1.60. The third-order valence-electron chi connectivity index (χ3n) is 3.19. The molecule has 4 heteroatoms. The quantitative estimate of drug-likeness (QED) is 0.661. The molecule has 0 fully saturated rings. The van der Waals surface area contributed by atoms with E-state index in [1.54, 1.807) is 7.05 Å². The second-order valence-corrected chi connectivity index (χ2v) is 5.28. The van der Waals surface area contributed by atoms with E-state index in [1.807, 2.05) is 74.5 Å². The van der Waals surface area contributed by atoms with Gasteiger partial charge in [0.05, 0.1) is 0 Å². The molecule has 1 N–H and O–H groups in total. The van der Waals surface area contributed by atoms with E-state index < -0.39 is 5.72 Å². The molecule has 0 aliphatic heterocycles. The summed E-state index contributed by atoms with van der Waals surface area (Å²) in [5.74, 6) is 0. The fourth-order valence-electron chi connectivity index (χ4n) is 2.28. The zero-order valence-corrected chi connectivity index (χ0v) is 13.1. The Balaban J connectivity index is 2.66. The van der Waals surface area contributed by atoms with E-state index in [1.165, 1.54) is 0 Å². The summed E-state index contributed by atoms with van der Waals surface area (Å²) in [5.41, 5.74) is 0.375. The highest BCUT2D eigenvalue weighted by Gasteiger charge is 2.36. The molecule has 0 bridgehead atoms. The molecule has 0 aliphatic rings. The first kappa shape index (κ1) is 16.0. The van der Waals surface area contributed by atoms with Crippen LogP contribution in [0.2, 0.25) is 0 Å². The summed E-state index contributed by atoms with van der Waals surface area (Å²) < 4.78 is 0. The number of hydrogen-bond donors (Lipinski definition) is 1. The highest BCUT2D eigenvalue weighted by molar-refractivity contribution is 6.06. The summed E-state index contributed by atoms with van der Waals surface area (Å²) in [7, 11) is 1.55. The van der Waals surface area contributed by atoms with Gasteiger partial charge in [-0.05, 0) is 13.8 Å². The van der Waals surface area contributed by atoms with Crippen molar-refractivity contribution in [3.05, 3.63) is 71.8 Å². The van der Waals surface area contributed by atoms with Crippen LogP contribution < -0.4 is 0 Å². The topological polar surface area (TPSA) is 57.3 Å². The summed E-state index contributed by atoms with van der Waals surface area (Å²) in [5, 5.41) is 19.2. The molecule has 0 spiro atoms. The van der Waals surface area contributed by atoms with E-state index in [4.69, 9.17) is 0 Å². The van der Waals surface area contributed by atoms with Crippen LogP contribution in [0, 0.1) is 0 Å². The zero-order valence-electron chi connectivity index (χ0n) is 13.1. The van der Waals surface area contributed by atoms with Gasteiger partial charge in [0.1, 0.15) is 5.71 Å². The van der Waals surface area contributed by atoms with Crippen LogP contribution in [-0.4, -0.2) is 23.9 Å². The van der Waals surface area contributed by atoms with Crippen LogP contribution in [0.15, 0.2) is 75.9 Å². The first-order valence-electron chi connectivity index (χ1n) is 7.30. The van der Waals surface area contributed by atoms with E-state index in [9.17, 15) is 5.11 Å². The molecule has 22 heavy (non-hydrogen) atoms. The Kier molecular flexibility index (Phi) is 5.17. The van der Waals surface area contributed by atoms with Crippen molar-refractivity contribution in [1.29, 1.82) is 0 Å². The number of nitrogens with zero attached hydrogens (tertiary/aromatic N) is 3. The first-order valence-corrected chi connectivity index (χ1v) is 7.30. The summed E-state index contributed by atoms with van der Waals surface area (Å²) in [6.07, 6.45) is 0. The van der Waals surface area contributed by atoms with Crippen molar-refractivity contribution in [1.82, 2.24) is 0 Å². The summed E-state index contributed by atoms with van der Waals surface area (Å²) in [6, 6.07) is 18.9. The van der Waals surface area contributed by atoms with Crippen LogP contribution in [0.5, 0.6) is 0 Å². The molecule has 4 nitrogen and oxygen atoms in total. The summed E-state index contributed by atoms with van der Waals surface area (Å²) in [4.78, 5) is 4.63. The number of benzene rings is 2. The SMILES string of the molecule is CN=NC(O)(C(=NC(C)C)c1ccccc1)c1ccccc1. The van der Waals surface area contributed by atoms with Gasteiger partial charge in [0.2, 0.25) is 5.72 Å². The standard InChI is InChI=1S/C18H21N3O/c1-14(2)20-17(15-10-6-4-7-11-15)18(22,21-19-3)16-12-8-5-9-13-16/h4-14,22H,1-3H3. The molecule has 2 rings (SSSR count). The lowest BCUT2D eigenvalue weighted by Gasteiger charge is -2.26. The largest absolute Gasteiger partial charge is 0.359 e. The van der Waals surface area contributed by atoms with Crippen LogP contribution >= 0.6 is 0 Å². The number of rotatable bonds is 5. The highest BCUT2D eigenvalue weighted by Crippen LogP contribution is 2.29. The van der Waals surface area contributed by atoms with Gasteiger partial charge in [0, 0.05) is 24.2 Å². The van der Waals surface area contributed by atoms with Gasteiger partial charge in [-0.25, -0.2) is 0 Å². The van der Waals surface area contributed by atoms with Gasteiger partial charge in [-0.15, -0.1) is 5.11 Å². The Morgan fingerprint density at radius 3 is 2.00 bits per heavy atom. The van der Waals surface area contributed by atoms with Crippen molar-refractivity contribution in [2.45, 2.75) is 25.6 Å². The smallest absolute Gasteiger partial charge is 0.245 e. The predicted molar refractivity (Wildman–Crippen MR) is 89.2 cm³/mol. The molecule has 0 aliphatic carbocycles. The van der Waals surface area contributed by atoms with E-state index >= 15 is 0 Å². The molecule has 1 atom stereocenters. The van der Waals surface area contributed by atoms with E-state index in [0.29, 0.717) is 11.3 Å². The molecule has 0 amide bonds. The zero-order chi connectivity index (χ0) is 16.0. The fourth-order valence-corrected chi connectivity index (χ4v) is 2.28. The lowest BCUT2D eigenvalue weighted by molar-refractivity contribution is 0.113. The number of aliphatic hydroxyl groups is 1. The predicted octanol–water partition coefficient (Wildman–Crippen LogP) is 3.81. The Bertz CT molecular complexity index is 651. The molecule has 1 unspecified atom stereocenters. The van der Waals surface area contributed by atoms with Crippen molar-refractivity contribution in [2.24, 2.45) is 15.2 Å². The number of aliphatic imine (C=N–C) groups is 1. The maximum absolute atomic E-state index is 11.3. The van der Waals surface area contributed by atoms with Gasteiger partial charge in [-0.1, -0.05) is 60.7 Å². The second kappa shape index (κ2) is 7.09. The maximum atomic E-state index is 11.3. The molecule has 2 aromatic rings. The molecule has 0 saturated carbocycles. The van der Waals surface area contributed by atoms with Crippen molar-refractivity contribution in [3.63, 3.8) is 0 Å². The second-order valence-electron chi connectivity index (χ2n) is 5.28. The van der Waals surface area contributed by atoms with Gasteiger partial charge in [0.25, 0.3) is 0 Å². The number of azo groups is 1. The molecular formula is C18H21N3O. The van der Waals surface area contributed by atoms with Gasteiger partial charge < -0.3 is 5.11 Å². The maximum Gasteiger partial charge on any atom is 0.245 e. The van der Waals surface area contributed by atoms with Crippen LogP contribution in [0.3, 0.4) is 0 Å². The van der Waals surface area contributed by atoms with Crippen molar-refractivity contribution >= 4 is 5.71 Å². The Hall–Kier alpha value is -2.33. The molecule has 0 heterocycles. The third-order valence-corrected chi connectivity index (χ3v) is 3.19. The fraction of sp³-hybridized carbons (Fsp3) is 0.278. The molecule has 114 valence electrons. The van der Waals surface area contributed by atoms with Gasteiger partial charge >= 0.3 is 0 Å². The summed E-state index contributed by atoms with van der Waals surface area (Å²) in [6.45, 7) is 3.94. The molecule has 2 aromatic carbocycles. The van der Waals surface area contributed by atoms with Crippen LogP contribution in [-0.2, 0) is 5.72 Å². The third kappa shape index (κ3) is 3.46. The molecule has 0 saturated heterocycles. The van der Waals surface area contributed by atoms with Crippen LogP contribution in [0.25, 0.3) is 0 Å². The van der Waals surface area contributed by atoms with Crippen LogP contribution in [0.1, 0.15) is 25.0 Å².